The van der Waals surface area contributed by atoms with E-state index in [1.165, 1.54) is 50.1 Å². The highest BCUT2D eigenvalue weighted by molar-refractivity contribution is 5.90. The maximum absolute atomic E-state index is 5.32. The summed E-state index contributed by atoms with van der Waals surface area (Å²) < 4.78 is 0. The van der Waals surface area contributed by atoms with E-state index in [1.807, 2.05) is 6.21 Å². The van der Waals surface area contributed by atoms with Crippen LogP contribution in [0.4, 0.5) is 0 Å². The van der Waals surface area contributed by atoms with Gasteiger partial charge >= 0.3 is 0 Å². The molecular weight excluding hydrogens is 544 g/mol. The van der Waals surface area contributed by atoms with Crippen LogP contribution < -0.4 is 5.32 Å². The van der Waals surface area contributed by atoms with Gasteiger partial charge in [-0.25, -0.2) is 0 Å². The first-order valence-electron chi connectivity index (χ1n) is 16.1. The van der Waals surface area contributed by atoms with E-state index in [1.54, 1.807) is 0 Å². The second-order valence-electron chi connectivity index (χ2n) is 12.2. The molecule has 0 spiro atoms. The molecule has 2 aliphatic carbocycles. The predicted octanol–water partition coefficient (Wildman–Crippen LogP) is 9.32. The van der Waals surface area contributed by atoms with Gasteiger partial charge in [-0.05, 0) is 69.8 Å². The standard InChI is InChI=1S/C43H36N2/c1-5-15-31(16-6-1)27-38(41-30-44-41)42(45-29-32-17-7-2-8-18-32)33-25-26-37-36-23-13-14-24-39(36)43(40(37)28-33,34-19-9-3-10-20-34)35-21-11-4-12-22-35/h1-11,13-21,23-26,28-29,41,44H,12,22,27,30H2/b42-38+,45-29?. The van der Waals surface area contributed by atoms with Crippen LogP contribution in [-0.2, 0) is 11.8 Å². The van der Waals surface area contributed by atoms with Crippen LogP contribution in [0.2, 0.25) is 0 Å². The number of benzene rings is 5. The monoisotopic (exact) mass is 580 g/mol. The predicted molar refractivity (Wildman–Crippen MR) is 188 cm³/mol. The van der Waals surface area contributed by atoms with Crippen molar-refractivity contribution in [3.8, 4) is 11.1 Å². The van der Waals surface area contributed by atoms with Crippen molar-refractivity contribution in [1.29, 1.82) is 0 Å². The zero-order valence-corrected chi connectivity index (χ0v) is 25.4. The van der Waals surface area contributed by atoms with Gasteiger partial charge in [0.05, 0.1) is 11.1 Å². The molecule has 1 fully saturated rings. The van der Waals surface area contributed by atoms with Crippen molar-refractivity contribution >= 4 is 11.9 Å². The number of hydrogen-bond donors (Lipinski definition) is 1. The number of nitrogens with one attached hydrogen (secondary N) is 1. The number of allylic oxidation sites excluding steroid dienone is 4. The van der Waals surface area contributed by atoms with Crippen LogP contribution in [0.5, 0.6) is 0 Å². The Labute approximate surface area is 266 Å². The van der Waals surface area contributed by atoms with Gasteiger partial charge in [0, 0.05) is 24.4 Å². The van der Waals surface area contributed by atoms with Crippen LogP contribution in [-0.4, -0.2) is 18.8 Å². The Morgan fingerprint density at radius 1 is 0.756 bits per heavy atom. The summed E-state index contributed by atoms with van der Waals surface area (Å²) in [6, 6.07) is 48.9. The fourth-order valence-electron chi connectivity index (χ4n) is 7.39. The molecule has 0 aromatic heterocycles. The Kier molecular flexibility index (Phi) is 7.21. The molecule has 0 saturated carbocycles. The normalized spacial score (nSPS) is 20.4. The molecule has 5 aromatic rings. The average Bonchev–Trinajstić information content (AvgIpc) is 3.92. The molecule has 2 nitrogen and oxygen atoms in total. The Morgan fingerprint density at radius 2 is 1.44 bits per heavy atom. The molecule has 3 aliphatic rings. The minimum Gasteiger partial charge on any atom is -0.307 e. The van der Waals surface area contributed by atoms with Gasteiger partial charge in [-0.3, -0.25) is 4.99 Å². The quantitative estimate of drug-likeness (QED) is 0.144. The van der Waals surface area contributed by atoms with Gasteiger partial charge in [0.2, 0.25) is 0 Å². The average molecular weight is 581 g/mol. The maximum atomic E-state index is 5.32. The minimum absolute atomic E-state index is 0.323. The van der Waals surface area contributed by atoms with Crippen molar-refractivity contribution in [3.05, 3.63) is 196 Å². The smallest absolute Gasteiger partial charge is 0.0713 e. The first-order valence-corrected chi connectivity index (χ1v) is 16.1. The van der Waals surface area contributed by atoms with Crippen molar-refractivity contribution in [2.45, 2.75) is 30.7 Å². The van der Waals surface area contributed by atoms with Crippen molar-refractivity contribution in [2.75, 3.05) is 6.54 Å². The molecule has 8 rings (SSSR count). The van der Waals surface area contributed by atoms with E-state index in [-0.39, 0.29) is 5.41 Å². The van der Waals surface area contributed by atoms with Crippen molar-refractivity contribution in [1.82, 2.24) is 5.32 Å². The lowest BCUT2D eigenvalue weighted by atomic mass is 9.65. The molecule has 45 heavy (non-hydrogen) atoms. The molecule has 0 bridgehead atoms. The molecule has 1 N–H and O–H groups in total. The van der Waals surface area contributed by atoms with Gasteiger partial charge in [-0.1, -0.05) is 151 Å². The van der Waals surface area contributed by atoms with E-state index in [2.05, 4.69) is 157 Å². The Bertz CT molecular complexity index is 1960. The molecule has 0 radical (unpaired) electrons. The molecule has 218 valence electrons. The number of aliphatic imine (C=N–C) groups is 1. The number of fused-ring (bicyclic) bond motifs is 3. The molecule has 1 aliphatic heterocycles. The zero-order chi connectivity index (χ0) is 30.1. The molecule has 5 aromatic carbocycles. The van der Waals surface area contributed by atoms with Crippen molar-refractivity contribution < 1.29 is 0 Å². The minimum atomic E-state index is -0.361. The van der Waals surface area contributed by atoms with Crippen LogP contribution >= 0.6 is 0 Å². The Morgan fingerprint density at radius 3 is 2.18 bits per heavy atom. The van der Waals surface area contributed by atoms with Crippen molar-refractivity contribution in [3.63, 3.8) is 0 Å². The van der Waals surface area contributed by atoms with E-state index >= 15 is 0 Å². The first kappa shape index (κ1) is 27.5. The number of rotatable bonds is 8. The fraction of sp³-hybridized carbons (Fsp3) is 0.140. The van der Waals surface area contributed by atoms with Crippen LogP contribution in [0, 0.1) is 0 Å². The van der Waals surface area contributed by atoms with E-state index in [4.69, 9.17) is 4.99 Å². The molecular formula is C43H36N2. The highest BCUT2D eigenvalue weighted by Gasteiger charge is 2.47. The Balaban J connectivity index is 1.38. The summed E-state index contributed by atoms with van der Waals surface area (Å²) in [4.78, 5) is 5.32. The summed E-state index contributed by atoms with van der Waals surface area (Å²) in [6.45, 7) is 0.982. The fourth-order valence-corrected chi connectivity index (χ4v) is 7.39. The van der Waals surface area contributed by atoms with E-state index in [0.29, 0.717) is 6.04 Å². The van der Waals surface area contributed by atoms with Gasteiger partial charge in [0.1, 0.15) is 0 Å². The summed E-state index contributed by atoms with van der Waals surface area (Å²) >= 11 is 0. The molecule has 2 unspecified atom stereocenters. The summed E-state index contributed by atoms with van der Waals surface area (Å²) in [5.74, 6) is 0. The second-order valence-corrected chi connectivity index (χ2v) is 12.2. The third-order valence-corrected chi connectivity index (χ3v) is 9.53. The van der Waals surface area contributed by atoms with Crippen LogP contribution in [0.25, 0.3) is 16.8 Å². The van der Waals surface area contributed by atoms with Gasteiger partial charge in [0.25, 0.3) is 0 Å². The van der Waals surface area contributed by atoms with Crippen molar-refractivity contribution in [2.24, 2.45) is 4.99 Å². The topological polar surface area (TPSA) is 34.3 Å². The summed E-state index contributed by atoms with van der Waals surface area (Å²) in [5, 5.41) is 3.61. The summed E-state index contributed by atoms with van der Waals surface area (Å²) in [6.07, 6.45) is 11.9. The van der Waals surface area contributed by atoms with Crippen LogP contribution in [0.15, 0.2) is 168 Å². The van der Waals surface area contributed by atoms with E-state index < -0.39 is 0 Å². The summed E-state index contributed by atoms with van der Waals surface area (Å²) in [5.41, 5.74) is 13.8. The van der Waals surface area contributed by atoms with E-state index in [0.717, 1.165) is 37.1 Å². The molecule has 1 saturated heterocycles. The van der Waals surface area contributed by atoms with Gasteiger partial charge < -0.3 is 5.32 Å². The summed E-state index contributed by atoms with van der Waals surface area (Å²) in [7, 11) is 0. The van der Waals surface area contributed by atoms with Crippen LogP contribution in [0.1, 0.15) is 46.2 Å². The third kappa shape index (κ3) is 5.02. The molecule has 1 heterocycles. The van der Waals surface area contributed by atoms with E-state index in [9.17, 15) is 0 Å². The van der Waals surface area contributed by atoms with Crippen LogP contribution in [0.3, 0.4) is 0 Å². The lowest BCUT2D eigenvalue weighted by Gasteiger charge is -2.37. The highest BCUT2D eigenvalue weighted by atomic mass is 15.1. The van der Waals surface area contributed by atoms with Gasteiger partial charge in [0.15, 0.2) is 0 Å². The largest absolute Gasteiger partial charge is 0.307 e. The maximum Gasteiger partial charge on any atom is 0.0713 e. The lowest BCUT2D eigenvalue weighted by molar-refractivity contribution is 0.692. The SMILES string of the molecule is C1=CCCC(C2(c3ccccc3)c3ccccc3-c3ccc(/C(N=Cc4ccccc4)=C(/Cc4ccccc4)C4CN4)cc32)=C1. The highest BCUT2D eigenvalue weighted by Crippen LogP contribution is 2.58. The lowest BCUT2D eigenvalue weighted by Crippen LogP contribution is -2.30. The molecule has 2 atom stereocenters. The number of nitrogens with zero attached hydrogens (tertiary/aromatic N) is 1. The zero-order valence-electron chi connectivity index (χ0n) is 25.4. The first-order chi connectivity index (χ1) is 22.3. The van der Waals surface area contributed by atoms with Gasteiger partial charge in [-0.2, -0.15) is 0 Å². The third-order valence-electron chi connectivity index (χ3n) is 9.53. The molecule has 0 amide bonds. The Hall–Kier alpha value is -5.05. The number of hydrogen-bond acceptors (Lipinski definition) is 2. The van der Waals surface area contributed by atoms with Gasteiger partial charge in [-0.15, -0.1) is 0 Å². The second kappa shape index (κ2) is 11.8. The molecule has 2 heteroatoms.